The van der Waals surface area contributed by atoms with Gasteiger partial charge in [-0.05, 0) is 58.6 Å². The molecule has 0 radical (unpaired) electrons. The second-order valence-corrected chi connectivity index (χ2v) is 6.35. The maximum absolute atomic E-state index is 5.96. The van der Waals surface area contributed by atoms with Gasteiger partial charge in [0.15, 0.2) is 0 Å². The van der Waals surface area contributed by atoms with E-state index < -0.39 is 0 Å². The lowest BCUT2D eigenvalue weighted by molar-refractivity contribution is 0.116. The van der Waals surface area contributed by atoms with E-state index >= 15 is 0 Å². The molecule has 0 spiro atoms. The van der Waals surface area contributed by atoms with Crippen LogP contribution in [0.15, 0.2) is 18.2 Å². The number of rotatable bonds is 6. The summed E-state index contributed by atoms with van der Waals surface area (Å²) in [5.41, 5.74) is 2.34. The van der Waals surface area contributed by atoms with Crippen molar-refractivity contribution in [3.05, 3.63) is 23.8 Å². The Morgan fingerprint density at radius 1 is 1.30 bits per heavy atom. The molecule has 0 saturated carbocycles. The molecule has 0 amide bonds. The highest BCUT2D eigenvalue weighted by Crippen LogP contribution is 2.33. The minimum Gasteiger partial charge on any atom is -0.484 e. The van der Waals surface area contributed by atoms with Gasteiger partial charge in [-0.3, -0.25) is 0 Å². The number of nitrogens with one attached hydrogen (secondary N) is 2. The number of hydrogen-bond donors (Lipinski definition) is 2. The zero-order chi connectivity index (χ0) is 14.6. The number of benzene rings is 1. The highest BCUT2D eigenvalue weighted by atomic mass is 16.5. The van der Waals surface area contributed by atoms with Crippen LogP contribution in [0.25, 0.3) is 0 Å². The first-order valence-electron chi connectivity index (χ1n) is 7.37. The average Bonchev–Trinajstić information content (AvgIpc) is 2.37. The number of anilines is 1. The summed E-state index contributed by atoms with van der Waals surface area (Å²) in [6.07, 6.45) is 1.05. The second kappa shape index (κ2) is 6.46. The van der Waals surface area contributed by atoms with Crippen LogP contribution in [-0.2, 0) is 6.42 Å². The molecule has 1 aromatic carbocycles. The van der Waals surface area contributed by atoms with E-state index in [1.807, 2.05) is 0 Å². The smallest absolute Gasteiger partial charge is 0.143 e. The van der Waals surface area contributed by atoms with E-state index in [1.165, 1.54) is 5.56 Å². The molecule has 4 nitrogen and oxygen atoms in total. The Bertz CT molecular complexity index is 443. The van der Waals surface area contributed by atoms with Gasteiger partial charge in [0.25, 0.3) is 0 Å². The van der Waals surface area contributed by atoms with Crippen LogP contribution in [0.2, 0.25) is 0 Å². The van der Waals surface area contributed by atoms with Crippen LogP contribution in [0.3, 0.4) is 0 Å². The summed E-state index contributed by atoms with van der Waals surface area (Å²) in [7, 11) is 4.19. The molecule has 0 atom stereocenters. The minimum absolute atomic E-state index is 0.123. The number of likely N-dealkylation sites (N-methyl/N-ethyl adjacent to an activating group) is 1. The van der Waals surface area contributed by atoms with Gasteiger partial charge < -0.3 is 20.3 Å². The Kier molecular flexibility index (Phi) is 4.89. The van der Waals surface area contributed by atoms with Crippen molar-refractivity contribution in [2.45, 2.75) is 25.9 Å². The molecular formula is C16H27N3O. The van der Waals surface area contributed by atoms with Crippen LogP contribution in [0.5, 0.6) is 5.75 Å². The van der Waals surface area contributed by atoms with Crippen LogP contribution in [-0.4, -0.2) is 50.8 Å². The molecule has 0 saturated heterocycles. The first-order chi connectivity index (χ1) is 9.46. The van der Waals surface area contributed by atoms with E-state index in [0.29, 0.717) is 0 Å². The van der Waals surface area contributed by atoms with Gasteiger partial charge in [-0.25, -0.2) is 0 Å². The molecule has 0 bridgehead atoms. The fraction of sp³-hybridized carbons (Fsp3) is 0.625. The van der Waals surface area contributed by atoms with Crippen molar-refractivity contribution in [3.8, 4) is 5.75 Å². The summed E-state index contributed by atoms with van der Waals surface area (Å²) in [4.78, 5) is 2.19. The van der Waals surface area contributed by atoms with Crippen molar-refractivity contribution < 1.29 is 4.74 Å². The molecule has 20 heavy (non-hydrogen) atoms. The maximum Gasteiger partial charge on any atom is 0.143 e. The van der Waals surface area contributed by atoms with E-state index in [4.69, 9.17) is 4.74 Å². The molecule has 0 fully saturated rings. The highest BCUT2D eigenvalue weighted by molar-refractivity contribution is 5.60. The van der Waals surface area contributed by atoms with Crippen molar-refractivity contribution in [2.75, 3.05) is 45.6 Å². The zero-order valence-electron chi connectivity index (χ0n) is 13.1. The lowest BCUT2D eigenvalue weighted by Crippen LogP contribution is -2.40. The standard InChI is InChI=1S/C16H27N3O/c1-16(2)12-18-14-11-13(5-6-15(14)20-16)7-8-17-9-10-19(3)4/h5-6,11,17-18H,7-10,12H2,1-4H3. The van der Waals surface area contributed by atoms with Crippen molar-refractivity contribution in [1.82, 2.24) is 10.2 Å². The van der Waals surface area contributed by atoms with Gasteiger partial charge >= 0.3 is 0 Å². The van der Waals surface area contributed by atoms with Crippen LogP contribution < -0.4 is 15.4 Å². The van der Waals surface area contributed by atoms with Crippen molar-refractivity contribution in [1.29, 1.82) is 0 Å². The van der Waals surface area contributed by atoms with E-state index in [9.17, 15) is 0 Å². The number of nitrogens with zero attached hydrogens (tertiary/aromatic N) is 1. The summed E-state index contributed by atoms with van der Waals surface area (Å²) in [6, 6.07) is 6.45. The molecule has 112 valence electrons. The van der Waals surface area contributed by atoms with Gasteiger partial charge in [-0.15, -0.1) is 0 Å². The van der Waals surface area contributed by atoms with Crippen molar-refractivity contribution in [2.24, 2.45) is 0 Å². The average molecular weight is 277 g/mol. The van der Waals surface area contributed by atoms with Crippen molar-refractivity contribution >= 4 is 5.69 Å². The van der Waals surface area contributed by atoms with Gasteiger partial charge in [-0.2, -0.15) is 0 Å². The SMILES string of the molecule is CN(C)CCNCCc1ccc2c(c1)NCC(C)(C)O2. The molecule has 2 N–H and O–H groups in total. The van der Waals surface area contributed by atoms with Crippen LogP contribution >= 0.6 is 0 Å². The largest absolute Gasteiger partial charge is 0.484 e. The number of ether oxygens (including phenoxy) is 1. The topological polar surface area (TPSA) is 36.5 Å². The monoisotopic (exact) mass is 277 g/mol. The molecule has 4 heteroatoms. The van der Waals surface area contributed by atoms with E-state index in [-0.39, 0.29) is 5.60 Å². The third-order valence-corrected chi connectivity index (χ3v) is 3.46. The molecular weight excluding hydrogens is 250 g/mol. The third-order valence-electron chi connectivity index (χ3n) is 3.46. The number of fused-ring (bicyclic) bond motifs is 1. The van der Waals surface area contributed by atoms with Gasteiger partial charge in [0.05, 0.1) is 12.2 Å². The minimum atomic E-state index is -0.123. The first kappa shape index (κ1) is 15.1. The highest BCUT2D eigenvalue weighted by Gasteiger charge is 2.25. The zero-order valence-corrected chi connectivity index (χ0v) is 13.1. The Labute approximate surface area is 122 Å². The Morgan fingerprint density at radius 2 is 2.10 bits per heavy atom. The Hall–Kier alpha value is -1.26. The lowest BCUT2D eigenvalue weighted by Gasteiger charge is -2.33. The molecule has 2 rings (SSSR count). The molecule has 1 aliphatic rings. The molecule has 0 aromatic heterocycles. The van der Waals surface area contributed by atoms with Crippen LogP contribution in [0.1, 0.15) is 19.4 Å². The summed E-state index contributed by atoms with van der Waals surface area (Å²) < 4.78 is 5.96. The van der Waals surface area contributed by atoms with E-state index in [0.717, 1.165) is 44.0 Å². The van der Waals surface area contributed by atoms with E-state index in [2.05, 4.69) is 61.7 Å². The maximum atomic E-state index is 5.96. The second-order valence-electron chi connectivity index (χ2n) is 6.35. The van der Waals surface area contributed by atoms with Gasteiger partial charge in [0.2, 0.25) is 0 Å². The molecule has 1 aromatic rings. The molecule has 1 aliphatic heterocycles. The van der Waals surface area contributed by atoms with Crippen LogP contribution in [0, 0.1) is 0 Å². The van der Waals surface area contributed by atoms with E-state index in [1.54, 1.807) is 0 Å². The fourth-order valence-electron chi connectivity index (χ4n) is 2.26. The number of hydrogen-bond acceptors (Lipinski definition) is 4. The van der Waals surface area contributed by atoms with Gasteiger partial charge in [0.1, 0.15) is 11.4 Å². The van der Waals surface area contributed by atoms with Gasteiger partial charge in [-0.1, -0.05) is 6.07 Å². The quantitative estimate of drug-likeness (QED) is 0.780. The summed E-state index contributed by atoms with van der Waals surface area (Å²) in [5.74, 6) is 0.963. The molecule has 1 heterocycles. The summed E-state index contributed by atoms with van der Waals surface area (Å²) in [6.45, 7) is 8.18. The Morgan fingerprint density at radius 3 is 2.85 bits per heavy atom. The Balaban J connectivity index is 1.83. The first-order valence-corrected chi connectivity index (χ1v) is 7.37. The predicted octanol–water partition coefficient (Wildman–Crippen LogP) is 1.96. The fourth-order valence-corrected chi connectivity index (χ4v) is 2.26. The van der Waals surface area contributed by atoms with Crippen molar-refractivity contribution in [3.63, 3.8) is 0 Å². The summed E-state index contributed by atoms with van der Waals surface area (Å²) >= 11 is 0. The van der Waals surface area contributed by atoms with Gasteiger partial charge in [0, 0.05) is 13.1 Å². The molecule has 0 unspecified atom stereocenters. The predicted molar refractivity (Wildman–Crippen MR) is 84.8 cm³/mol. The lowest BCUT2D eigenvalue weighted by atomic mass is 10.0. The summed E-state index contributed by atoms with van der Waals surface area (Å²) in [5, 5.41) is 6.92. The third kappa shape index (κ3) is 4.39. The molecule has 0 aliphatic carbocycles. The normalized spacial score (nSPS) is 16.4. The van der Waals surface area contributed by atoms with Crippen LogP contribution in [0.4, 0.5) is 5.69 Å².